The van der Waals surface area contributed by atoms with E-state index < -0.39 is 11.7 Å². The molecule has 6 nitrogen and oxygen atoms in total. The molecule has 170 valence electrons. The molecule has 2 heterocycles. The van der Waals surface area contributed by atoms with Crippen LogP contribution >= 0.6 is 0 Å². The van der Waals surface area contributed by atoms with Gasteiger partial charge in [0.05, 0.1) is 23.5 Å². The molecule has 0 unspecified atom stereocenters. The van der Waals surface area contributed by atoms with Crippen LogP contribution in [0.3, 0.4) is 0 Å². The topological polar surface area (TPSA) is 71.8 Å². The molecule has 0 aliphatic heterocycles. The third-order valence-electron chi connectivity index (χ3n) is 5.25. The van der Waals surface area contributed by atoms with Crippen LogP contribution in [0.4, 0.5) is 19.0 Å². The first-order valence-corrected chi connectivity index (χ1v) is 10.3. The highest BCUT2D eigenvalue weighted by molar-refractivity contribution is 5.95. The number of nitrogens with one attached hydrogen (secondary N) is 2. The number of anilines is 1. The van der Waals surface area contributed by atoms with Crippen LogP contribution < -0.4 is 10.6 Å². The Bertz CT molecular complexity index is 1270. The fraction of sp³-hybridized carbons (Fsp3) is 0.208. The normalized spacial score (nSPS) is 12.5. The van der Waals surface area contributed by atoms with Gasteiger partial charge in [-0.25, -0.2) is 9.67 Å². The Morgan fingerprint density at radius 2 is 1.70 bits per heavy atom. The summed E-state index contributed by atoms with van der Waals surface area (Å²) in [6.45, 7) is 1.61. The van der Waals surface area contributed by atoms with Gasteiger partial charge >= 0.3 is 6.18 Å². The number of halogens is 3. The van der Waals surface area contributed by atoms with E-state index in [4.69, 9.17) is 0 Å². The molecule has 33 heavy (non-hydrogen) atoms. The molecule has 4 rings (SSSR count). The van der Waals surface area contributed by atoms with Gasteiger partial charge in [-0.2, -0.15) is 18.3 Å². The molecule has 0 saturated heterocycles. The van der Waals surface area contributed by atoms with Crippen molar-refractivity contribution in [3.05, 3.63) is 77.9 Å². The van der Waals surface area contributed by atoms with E-state index in [1.807, 2.05) is 37.3 Å². The fourth-order valence-corrected chi connectivity index (χ4v) is 3.65. The van der Waals surface area contributed by atoms with Gasteiger partial charge < -0.3 is 10.6 Å². The average Bonchev–Trinajstić information content (AvgIpc) is 3.14. The first-order valence-electron chi connectivity index (χ1n) is 10.3. The minimum Gasteiger partial charge on any atom is -0.361 e. The second-order valence-corrected chi connectivity index (χ2v) is 7.64. The number of hydrogen-bond acceptors (Lipinski definition) is 4. The van der Waals surface area contributed by atoms with Crippen molar-refractivity contribution in [2.75, 3.05) is 11.9 Å². The van der Waals surface area contributed by atoms with Crippen LogP contribution in [0, 0.1) is 0 Å². The summed E-state index contributed by atoms with van der Waals surface area (Å²) in [5.41, 5.74) is 0.900. The smallest absolute Gasteiger partial charge is 0.361 e. The van der Waals surface area contributed by atoms with Crippen LogP contribution in [0.2, 0.25) is 0 Å². The Morgan fingerprint density at radius 3 is 2.33 bits per heavy atom. The molecule has 2 aromatic heterocycles. The number of pyridine rings is 1. The molecule has 0 fully saturated rings. The number of fused-ring (bicyclic) bond motifs is 1. The van der Waals surface area contributed by atoms with Gasteiger partial charge in [-0.3, -0.25) is 4.79 Å². The maximum absolute atomic E-state index is 14.0. The number of hydrogen-bond donors (Lipinski definition) is 2. The molecule has 0 radical (unpaired) electrons. The number of aromatic nitrogens is 3. The van der Waals surface area contributed by atoms with E-state index in [0.29, 0.717) is 5.56 Å². The highest BCUT2D eigenvalue weighted by Gasteiger charge is 2.36. The zero-order valence-electron chi connectivity index (χ0n) is 18.0. The Kier molecular flexibility index (Phi) is 6.04. The zero-order chi connectivity index (χ0) is 23.6. The van der Waals surface area contributed by atoms with Crippen LogP contribution in [-0.2, 0) is 18.0 Å². The quantitative estimate of drug-likeness (QED) is 0.434. The number of carbonyl (C=O) groups excluding carboxylic acids is 1. The van der Waals surface area contributed by atoms with Crippen molar-refractivity contribution in [1.82, 2.24) is 20.1 Å². The molecular formula is C24H22F3N5O. The van der Waals surface area contributed by atoms with Crippen LogP contribution in [0.5, 0.6) is 0 Å². The van der Waals surface area contributed by atoms with E-state index >= 15 is 0 Å². The Hall–Kier alpha value is -3.88. The molecule has 2 aromatic carbocycles. The lowest BCUT2D eigenvalue weighted by atomic mass is 10.0. The van der Waals surface area contributed by atoms with Crippen LogP contribution in [-0.4, -0.2) is 27.2 Å². The first kappa shape index (κ1) is 22.3. The highest BCUT2D eigenvalue weighted by atomic mass is 19.4. The number of benzene rings is 2. The molecule has 0 bridgehead atoms. The lowest BCUT2D eigenvalue weighted by molar-refractivity contribution is -0.136. The van der Waals surface area contributed by atoms with Crippen LogP contribution in [0.15, 0.2) is 66.7 Å². The lowest BCUT2D eigenvalue weighted by Gasteiger charge is -2.15. The molecule has 0 spiro atoms. The third kappa shape index (κ3) is 4.82. The lowest BCUT2D eigenvalue weighted by Crippen LogP contribution is -2.32. The predicted molar refractivity (Wildman–Crippen MR) is 120 cm³/mol. The summed E-state index contributed by atoms with van der Waals surface area (Å²) in [4.78, 5) is 16.7. The number of alkyl halides is 3. The average molecular weight is 453 g/mol. The monoisotopic (exact) mass is 453 g/mol. The highest BCUT2D eigenvalue weighted by Crippen LogP contribution is 2.39. The van der Waals surface area contributed by atoms with E-state index in [0.717, 1.165) is 11.6 Å². The predicted octanol–water partition coefficient (Wildman–Crippen LogP) is 4.94. The van der Waals surface area contributed by atoms with E-state index in [1.165, 1.54) is 4.68 Å². The standard InChI is InChI=1S/C24H22F3N5O/c1-15(16-9-5-3-6-10-16)29-20(33)14-28-19-13-18(24(25,26)27)21-22(17-11-7-4-8-12-17)31-32(2)23(21)30-19/h3-13,15H,14H2,1-2H3,(H,28,30)(H,29,33)/t15-/m0/s1. The summed E-state index contributed by atoms with van der Waals surface area (Å²) < 4.78 is 43.3. The molecule has 0 aliphatic carbocycles. The second-order valence-electron chi connectivity index (χ2n) is 7.64. The SMILES string of the molecule is C[C@H](NC(=O)CNc1cc(C(F)(F)F)c2c(-c3ccccc3)nn(C)c2n1)c1ccccc1. The number of carbonyl (C=O) groups is 1. The Balaban J connectivity index is 1.61. The van der Waals surface area contributed by atoms with Crippen molar-refractivity contribution in [1.29, 1.82) is 0 Å². The van der Waals surface area contributed by atoms with Crippen molar-refractivity contribution in [3.8, 4) is 11.3 Å². The molecule has 4 aromatic rings. The summed E-state index contributed by atoms with van der Waals surface area (Å²) in [5.74, 6) is -0.420. The summed E-state index contributed by atoms with van der Waals surface area (Å²) in [6, 6.07) is 18.7. The third-order valence-corrected chi connectivity index (χ3v) is 5.25. The molecular weight excluding hydrogens is 431 g/mol. The minimum atomic E-state index is -4.63. The van der Waals surface area contributed by atoms with Gasteiger partial charge in [0.1, 0.15) is 11.5 Å². The molecule has 1 atom stereocenters. The van der Waals surface area contributed by atoms with Crippen molar-refractivity contribution in [2.45, 2.75) is 19.1 Å². The number of rotatable bonds is 6. The van der Waals surface area contributed by atoms with Crippen molar-refractivity contribution in [3.63, 3.8) is 0 Å². The van der Waals surface area contributed by atoms with Crippen molar-refractivity contribution < 1.29 is 18.0 Å². The van der Waals surface area contributed by atoms with E-state index in [9.17, 15) is 18.0 Å². The van der Waals surface area contributed by atoms with Gasteiger partial charge in [0, 0.05) is 12.6 Å². The number of aryl methyl sites for hydroxylation is 1. The number of amides is 1. The zero-order valence-corrected chi connectivity index (χ0v) is 18.0. The number of nitrogens with zero attached hydrogens (tertiary/aromatic N) is 3. The minimum absolute atomic E-state index is 0.0556. The van der Waals surface area contributed by atoms with Crippen LogP contribution in [0.1, 0.15) is 24.1 Å². The maximum atomic E-state index is 14.0. The summed E-state index contributed by atoms with van der Waals surface area (Å²) >= 11 is 0. The fourth-order valence-electron chi connectivity index (χ4n) is 3.65. The largest absolute Gasteiger partial charge is 0.417 e. The second kappa shape index (κ2) is 8.93. The Morgan fingerprint density at radius 1 is 1.06 bits per heavy atom. The van der Waals surface area contributed by atoms with Crippen LogP contribution in [0.25, 0.3) is 22.3 Å². The molecule has 9 heteroatoms. The first-order chi connectivity index (χ1) is 15.7. The molecule has 2 N–H and O–H groups in total. The van der Waals surface area contributed by atoms with Gasteiger partial charge in [-0.05, 0) is 18.6 Å². The van der Waals surface area contributed by atoms with Gasteiger partial charge in [0.2, 0.25) is 5.91 Å². The maximum Gasteiger partial charge on any atom is 0.417 e. The molecule has 0 saturated carbocycles. The summed E-state index contributed by atoms with van der Waals surface area (Å²) in [5, 5.41) is 9.75. The van der Waals surface area contributed by atoms with E-state index in [1.54, 1.807) is 37.4 Å². The van der Waals surface area contributed by atoms with Crippen molar-refractivity contribution >= 4 is 22.8 Å². The summed E-state index contributed by atoms with van der Waals surface area (Å²) in [6.07, 6.45) is -4.63. The van der Waals surface area contributed by atoms with E-state index in [-0.39, 0.29) is 41.0 Å². The van der Waals surface area contributed by atoms with Gasteiger partial charge in [0.15, 0.2) is 5.65 Å². The summed E-state index contributed by atoms with van der Waals surface area (Å²) in [7, 11) is 1.54. The van der Waals surface area contributed by atoms with Gasteiger partial charge in [0.25, 0.3) is 0 Å². The van der Waals surface area contributed by atoms with Crippen molar-refractivity contribution in [2.24, 2.45) is 7.05 Å². The van der Waals surface area contributed by atoms with Gasteiger partial charge in [-0.15, -0.1) is 0 Å². The Labute approximate surface area is 188 Å². The molecule has 0 aliphatic rings. The van der Waals surface area contributed by atoms with E-state index in [2.05, 4.69) is 20.7 Å². The molecule has 1 amide bonds. The van der Waals surface area contributed by atoms with Gasteiger partial charge in [-0.1, -0.05) is 60.7 Å².